The van der Waals surface area contributed by atoms with Crippen molar-refractivity contribution >= 4 is 19.7 Å². The SMILES string of the molecule is [B]C(=C)n1ccnc1C=NC. The zero-order valence-electron chi connectivity index (χ0n) is 6.36. The molecule has 4 heteroatoms. The molecule has 0 N–H and O–H groups in total. The van der Waals surface area contributed by atoms with Gasteiger partial charge in [-0.2, -0.15) is 0 Å². The van der Waals surface area contributed by atoms with Crippen LogP contribution in [0.5, 0.6) is 0 Å². The molecule has 0 saturated heterocycles. The number of aliphatic imine (C=N–C) groups is 1. The van der Waals surface area contributed by atoms with Crippen molar-refractivity contribution in [3.63, 3.8) is 0 Å². The van der Waals surface area contributed by atoms with Gasteiger partial charge in [-0.3, -0.25) is 4.99 Å². The maximum absolute atomic E-state index is 5.46. The minimum Gasteiger partial charge on any atom is -0.314 e. The van der Waals surface area contributed by atoms with Crippen LogP contribution in [0.25, 0.3) is 5.60 Å². The highest BCUT2D eigenvalue weighted by Gasteiger charge is 1.97. The summed E-state index contributed by atoms with van der Waals surface area (Å²) in [5, 5.41) is 0. The molecule has 1 rings (SSSR count). The average Bonchev–Trinajstić information content (AvgIpc) is 2.36. The van der Waals surface area contributed by atoms with Crippen LogP contribution < -0.4 is 0 Å². The summed E-state index contributed by atoms with van der Waals surface area (Å²) in [5.41, 5.74) is 0.442. The Morgan fingerprint density at radius 1 is 1.91 bits per heavy atom. The Balaban J connectivity index is 3.05. The molecule has 2 radical (unpaired) electrons. The van der Waals surface area contributed by atoms with Gasteiger partial charge >= 0.3 is 0 Å². The molecular weight excluding hydrogens is 137 g/mol. The number of hydrogen-bond acceptors (Lipinski definition) is 2. The molecule has 0 aliphatic heterocycles. The van der Waals surface area contributed by atoms with Crippen molar-refractivity contribution in [3.8, 4) is 0 Å². The van der Waals surface area contributed by atoms with E-state index in [9.17, 15) is 0 Å². The Morgan fingerprint density at radius 2 is 2.64 bits per heavy atom. The molecule has 0 bridgehead atoms. The minimum absolute atomic E-state index is 0.442. The second kappa shape index (κ2) is 3.19. The van der Waals surface area contributed by atoms with Crippen molar-refractivity contribution in [2.45, 2.75) is 0 Å². The molecule has 1 heterocycles. The molecule has 1 aromatic rings. The Hall–Kier alpha value is -1.32. The van der Waals surface area contributed by atoms with E-state index in [1.165, 1.54) is 0 Å². The molecule has 1 aromatic heterocycles. The van der Waals surface area contributed by atoms with E-state index in [-0.39, 0.29) is 0 Å². The molecule has 0 spiro atoms. The molecule has 11 heavy (non-hydrogen) atoms. The number of aromatic nitrogens is 2. The highest BCUT2D eigenvalue weighted by atomic mass is 15.1. The van der Waals surface area contributed by atoms with Crippen LogP contribution in [0.2, 0.25) is 0 Å². The van der Waals surface area contributed by atoms with Gasteiger partial charge in [-0.05, 0) is 5.60 Å². The van der Waals surface area contributed by atoms with E-state index in [4.69, 9.17) is 7.85 Å². The third-order valence-electron chi connectivity index (χ3n) is 1.22. The van der Waals surface area contributed by atoms with Crippen LogP contribution in [0.1, 0.15) is 5.82 Å². The topological polar surface area (TPSA) is 30.2 Å². The van der Waals surface area contributed by atoms with E-state index in [1.54, 1.807) is 30.2 Å². The highest BCUT2D eigenvalue weighted by Crippen LogP contribution is 1.99. The van der Waals surface area contributed by atoms with Crippen LogP contribution in [0.3, 0.4) is 0 Å². The van der Waals surface area contributed by atoms with E-state index >= 15 is 0 Å². The van der Waals surface area contributed by atoms with Crippen molar-refractivity contribution in [2.75, 3.05) is 7.05 Å². The van der Waals surface area contributed by atoms with Gasteiger partial charge in [0.15, 0.2) is 5.82 Å². The van der Waals surface area contributed by atoms with Crippen molar-refractivity contribution < 1.29 is 0 Å². The number of hydrogen-bond donors (Lipinski definition) is 0. The molecule has 0 fully saturated rings. The third-order valence-corrected chi connectivity index (χ3v) is 1.22. The molecule has 3 nitrogen and oxygen atoms in total. The van der Waals surface area contributed by atoms with E-state index < -0.39 is 0 Å². The summed E-state index contributed by atoms with van der Waals surface area (Å²) in [7, 11) is 7.13. The molecule has 0 saturated carbocycles. The zero-order valence-corrected chi connectivity index (χ0v) is 6.36. The van der Waals surface area contributed by atoms with Gasteiger partial charge in [0.2, 0.25) is 0 Å². The molecule has 0 aromatic carbocycles. The largest absolute Gasteiger partial charge is 0.314 e. The van der Waals surface area contributed by atoms with Crippen LogP contribution >= 0.6 is 0 Å². The average molecular weight is 145 g/mol. The Labute approximate surface area is 66.9 Å². The fourth-order valence-electron chi connectivity index (χ4n) is 0.769. The molecule has 0 aliphatic carbocycles. The molecule has 54 valence electrons. The first-order chi connectivity index (χ1) is 5.25. The van der Waals surface area contributed by atoms with Crippen molar-refractivity contribution in [1.29, 1.82) is 0 Å². The quantitative estimate of drug-likeness (QED) is 0.440. The van der Waals surface area contributed by atoms with E-state index in [2.05, 4.69) is 16.6 Å². The second-order valence-electron chi connectivity index (χ2n) is 2.03. The van der Waals surface area contributed by atoms with Gasteiger partial charge in [-0.1, -0.05) is 6.58 Å². The lowest BCUT2D eigenvalue weighted by molar-refractivity contribution is 1.10. The normalized spacial score (nSPS) is 10.6. The van der Waals surface area contributed by atoms with Crippen LogP contribution in [0.4, 0.5) is 0 Å². The molecular formula is C7H8BN3. The Bertz CT molecular complexity index is 288. The van der Waals surface area contributed by atoms with Crippen molar-refractivity contribution in [2.24, 2.45) is 4.99 Å². The maximum atomic E-state index is 5.46. The predicted molar refractivity (Wildman–Crippen MR) is 46.8 cm³/mol. The van der Waals surface area contributed by atoms with Gasteiger partial charge in [0.1, 0.15) is 7.85 Å². The lowest BCUT2D eigenvalue weighted by Crippen LogP contribution is -1.99. The van der Waals surface area contributed by atoms with Crippen LogP contribution in [0, 0.1) is 0 Å². The van der Waals surface area contributed by atoms with Crippen molar-refractivity contribution in [3.05, 3.63) is 24.8 Å². The minimum atomic E-state index is 0.442. The maximum Gasteiger partial charge on any atom is 0.154 e. The lowest BCUT2D eigenvalue weighted by Gasteiger charge is -2.01. The summed E-state index contributed by atoms with van der Waals surface area (Å²) in [6.45, 7) is 3.58. The molecule has 0 aliphatic rings. The summed E-state index contributed by atoms with van der Waals surface area (Å²) in [5.74, 6) is 0.694. The Kier molecular flexibility index (Phi) is 2.26. The fraction of sp³-hybridized carbons (Fsp3) is 0.143. The van der Waals surface area contributed by atoms with Crippen LogP contribution in [-0.2, 0) is 0 Å². The first kappa shape index (κ1) is 7.79. The molecule has 0 amide bonds. The van der Waals surface area contributed by atoms with E-state index in [0.717, 1.165) is 0 Å². The molecule has 0 atom stereocenters. The van der Waals surface area contributed by atoms with Crippen LogP contribution in [-0.4, -0.2) is 30.7 Å². The van der Waals surface area contributed by atoms with Crippen LogP contribution in [0.15, 0.2) is 24.0 Å². The third kappa shape index (κ3) is 1.58. The summed E-state index contributed by atoms with van der Waals surface area (Å²) < 4.78 is 1.66. The van der Waals surface area contributed by atoms with Gasteiger partial charge in [-0.25, -0.2) is 4.98 Å². The zero-order chi connectivity index (χ0) is 8.27. The summed E-state index contributed by atoms with van der Waals surface area (Å²) in [6, 6.07) is 0. The number of rotatable bonds is 2. The Morgan fingerprint density at radius 3 is 3.18 bits per heavy atom. The van der Waals surface area contributed by atoms with Gasteiger partial charge < -0.3 is 4.57 Å². The fourth-order valence-corrected chi connectivity index (χ4v) is 0.769. The van der Waals surface area contributed by atoms with Gasteiger partial charge in [-0.15, -0.1) is 0 Å². The van der Waals surface area contributed by atoms with Gasteiger partial charge in [0.05, 0.1) is 6.21 Å². The summed E-state index contributed by atoms with van der Waals surface area (Å²) in [6.07, 6.45) is 5.01. The first-order valence-corrected chi connectivity index (χ1v) is 3.16. The van der Waals surface area contributed by atoms with Gasteiger partial charge in [0, 0.05) is 19.4 Å². The standard InChI is InChI=1S/C7H8BN3/c1-6(8)11-4-3-10-7(11)5-9-2/h3-5H,1H2,2H3. The lowest BCUT2D eigenvalue weighted by atomic mass is 10.1. The first-order valence-electron chi connectivity index (χ1n) is 3.16. The van der Waals surface area contributed by atoms with E-state index in [1.807, 2.05) is 0 Å². The second-order valence-corrected chi connectivity index (χ2v) is 2.03. The number of imidazole rings is 1. The smallest absolute Gasteiger partial charge is 0.154 e. The van der Waals surface area contributed by atoms with Crippen molar-refractivity contribution in [1.82, 2.24) is 9.55 Å². The molecule has 0 unspecified atom stereocenters. The summed E-state index contributed by atoms with van der Waals surface area (Å²) >= 11 is 0. The number of nitrogens with zero attached hydrogens (tertiary/aromatic N) is 3. The van der Waals surface area contributed by atoms with E-state index in [0.29, 0.717) is 11.4 Å². The summed E-state index contributed by atoms with van der Waals surface area (Å²) in [4.78, 5) is 7.82. The monoisotopic (exact) mass is 145 g/mol. The van der Waals surface area contributed by atoms with Gasteiger partial charge in [0.25, 0.3) is 0 Å². The predicted octanol–water partition coefficient (Wildman–Crippen LogP) is 0.528. The highest BCUT2D eigenvalue weighted by molar-refractivity contribution is 6.37.